The Hall–Kier alpha value is -2.47. The molecule has 0 fully saturated rings. The molecule has 2 aromatic rings. The molecule has 0 bridgehead atoms. The van der Waals surface area contributed by atoms with Gasteiger partial charge in [0.25, 0.3) is 5.91 Å². The maximum Gasteiger partial charge on any atom is 0.276 e. The number of ketones is 1. The number of nitrogens with one attached hydrogen (secondary N) is 2. The first kappa shape index (κ1) is 13.5. The van der Waals surface area contributed by atoms with Gasteiger partial charge in [-0.05, 0) is 30.5 Å². The Morgan fingerprint density at radius 1 is 1.29 bits per heavy atom. The quantitative estimate of drug-likeness (QED) is 0.797. The van der Waals surface area contributed by atoms with Gasteiger partial charge in [0.1, 0.15) is 0 Å². The third-order valence-corrected chi connectivity index (χ3v) is 3.61. The predicted molar refractivity (Wildman–Crippen MR) is 78.1 cm³/mol. The normalized spacial score (nSPS) is 13.9. The van der Waals surface area contributed by atoms with Crippen molar-refractivity contribution in [1.82, 2.24) is 10.2 Å². The molecule has 0 unspecified atom stereocenters. The summed E-state index contributed by atoms with van der Waals surface area (Å²) in [5, 5.41) is 9.55. The number of anilines is 1. The second-order valence-electron chi connectivity index (χ2n) is 5.06. The molecule has 0 radical (unpaired) electrons. The Bertz CT molecular complexity index is 688. The number of hydrogen-bond donors (Lipinski definition) is 3. The molecular formula is C15H16N4O2. The lowest BCUT2D eigenvalue weighted by Crippen LogP contribution is -2.18. The van der Waals surface area contributed by atoms with Gasteiger partial charge in [0, 0.05) is 24.3 Å². The Balaban J connectivity index is 1.82. The SMILES string of the molecule is NCc1ccc(NC(=O)c2n[nH]c3c2C(=O)CCC3)cc1. The monoisotopic (exact) mass is 284 g/mol. The lowest BCUT2D eigenvalue weighted by molar-refractivity contribution is 0.0955. The molecule has 1 aliphatic carbocycles. The number of benzene rings is 1. The van der Waals surface area contributed by atoms with Crippen molar-refractivity contribution in [1.29, 1.82) is 0 Å². The smallest absolute Gasteiger partial charge is 0.276 e. The van der Waals surface area contributed by atoms with Crippen LogP contribution in [0.1, 0.15) is 44.9 Å². The highest BCUT2D eigenvalue weighted by Gasteiger charge is 2.27. The molecule has 1 amide bonds. The van der Waals surface area contributed by atoms with Crippen LogP contribution in [0.2, 0.25) is 0 Å². The van der Waals surface area contributed by atoms with Crippen LogP contribution in [0, 0.1) is 0 Å². The van der Waals surface area contributed by atoms with Gasteiger partial charge in [-0.1, -0.05) is 12.1 Å². The van der Waals surface area contributed by atoms with Crippen LogP contribution in [-0.4, -0.2) is 21.9 Å². The fraction of sp³-hybridized carbons (Fsp3) is 0.267. The van der Waals surface area contributed by atoms with Gasteiger partial charge < -0.3 is 11.1 Å². The van der Waals surface area contributed by atoms with Gasteiger partial charge in [-0.15, -0.1) is 0 Å². The molecule has 0 saturated heterocycles. The third kappa shape index (κ3) is 2.57. The molecule has 108 valence electrons. The van der Waals surface area contributed by atoms with Gasteiger partial charge in [0.05, 0.1) is 5.56 Å². The molecule has 6 nitrogen and oxygen atoms in total. The minimum absolute atomic E-state index is 0.0198. The highest BCUT2D eigenvalue weighted by Crippen LogP contribution is 2.23. The van der Waals surface area contributed by atoms with Crippen LogP contribution in [0.4, 0.5) is 5.69 Å². The molecule has 1 heterocycles. The second-order valence-corrected chi connectivity index (χ2v) is 5.06. The summed E-state index contributed by atoms with van der Waals surface area (Å²) in [6.07, 6.45) is 2.03. The Kier molecular flexibility index (Phi) is 3.53. The van der Waals surface area contributed by atoms with Crippen molar-refractivity contribution >= 4 is 17.4 Å². The molecule has 0 aliphatic heterocycles. The van der Waals surface area contributed by atoms with E-state index in [9.17, 15) is 9.59 Å². The zero-order valence-electron chi connectivity index (χ0n) is 11.5. The number of Topliss-reactive ketones (excluding diaryl/α,β-unsaturated/α-hetero) is 1. The molecule has 6 heteroatoms. The standard InChI is InChI=1S/C15H16N4O2/c16-8-9-4-6-10(7-5-9)17-15(21)14-13-11(18-19-14)2-1-3-12(13)20/h4-7H,1-3,8,16H2,(H,17,21)(H,18,19). The molecule has 0 saturated carbocycles. The van der Waals surface area contributed by atoms with E-state index in [0.717, 1.165) is 24.1 Å². The van der Waals surface area contributed by atoms with Gasteiger partial charge in [-0.25, -0.2) is 0 Å². The third-order valence-electron chi connectivity index (χ3n) is 3.61. The summed E-state index contributed by atoms with van der Waals surface area (Å²) >= 11 is 0. The van der Waals surface area contributed by atoms with E-state index >= 15 is 0 Å². The van der Waals surface area contributed by atoms with E-state index in [1.165, 1.54) is 0 Å². The van der Waals surface area contributed by atoms with E-state index < -0.39 is 0 Å². The largest absolute Gasteiger partial charge is 0.326 e. The first-order chi connectivity index (χ1) is 10.2. The number of nitrogens with two attached hydrogens (primary N) is 1. The first-order valence-electron chi connectivity index (χ1n) is 6.90. The summed E-state index contributed by atoms with van der Waals surface area (Å²) in [5.41, 5.74) is 8.55. The van der Waals surface area contributed by atoms with Crippen molar-refractivity contribution < 1.29 is 9.59 Å². The van der Waals surface area contributed by atoms with Crippen LogP contribution in [0.3, 0.4) is 0 Å². The molecule has 0 atom stereocenters. The van der Waals surface area contributed by atoms with Crippen molar-refractivity contribution in [2.75, 3.05) is 5.32 Å². The zero-order chi connectivity index (χ0) is 14.8. The summed E-state index contributed by atoms with van der Waals surface area (Å²) in [6, 6.07) is 7.25. The fourth-order valence-electron chi connectivity index (χ4n) is 2.49. The van der Waals surface area contributed by atoms with E-state index in [0.29, 0.717) is 24.2 Å². The minimum Gasteiger partial charge on any atom is -0.326 e. The molecule has 0 spiro atoms. The van der Waals surface area contributed by atoms with Crippen LogP contribution in [-0.2, 0) is 13.0 Å². The lowest BCUT2D eigenvalue weighted by Gasteiger charge is -2.10. The van der Waals surface area contributed by atoms with Crippen LogP contribution in [0.5, 0.6) is 0 Å². The van der Waals surface area contributed by atoms with Crippen LogP contribution >= 0.6 is 0 Å². The number of amides is 1. The summed E-state index contributed by atoms with van der Waals surface area (Å²) in [5.74, 6) is -0.392. The Morgan fingerprint density at radius 2 is 2.05 bits per heavy atom. The molecule has 1 aromatic heterocycles. The lowest BCUT2D eigenvalue weighted by atomic mass is 9.94. The molecule has 1 aromatic carbocycles. The highest BCUT2D eigenvalue weighted by atomic mass is 16.2. The van der Waals surface area contributed by atoms with Gasteiger partial charge in [-0.3, -0.25) is 14.7 Å². The fourth-order valence-corrected chi connectivity index (χ4v) is 2.49. The van der Waals surface area contributed by atoms with Gasteiger partial charge >= 0.3 is 0 Å². The number of carbonyl (C=O) groups is 2. The Labute approximate surface area is 121 Å². The summed E-state index contributed by atoms with van der Waals surface area (Å²) in [6.45, 7) is 0.454. The number of aryl methyl sites for hydroxylation is 1. The van der Waals surface area contributed by atoms with Gasteiger partial charge in [0.2, 0.25) is 0 Å². The topological polar surface area (TPSA) is 101 Å². The van der Waals surface area contributed by atoms with E-state index in [2.05, 4.69) is 15.5 Å². The molecule has 4 N–H and O–H groups in total. The predicted octanol–water partition coefficient (Wildman–Crippen LogP) is 1.64. The van der Waals surface area contributed by atoms with Crippen LogP contribution < -0.4 is 11.1 Å². The van der Waals surface area contributed by atoms with E-state index in [-0.39, 0.29) is 17.4 Å². The number of aromatic nitrogens is 2. The molecule has 3 rings (SSSR count). The molecule has 1 aliphatic rings. The van der Waals surface area contributed by atoms with Crippen molar-refractivity contribution in [3.63, 3.8) is 0 Å². The van der Waals surface area contributed by atoms with E-state index in [4.69, 9.17) is 5.73 Å². The average Bonchev–Trinajstić information content (AvgIpc) is 2.93. The van der Waals surface area contributed by atoms with Crippen molar-refractivity contribution in [3.8, 4) is 0 Å². The maximum atomic E-state index is 12.3. The van der Waals surface area contributed by atoms with Crippen molar-refractivity contribution in [2.24, 2.45) is 5.73 Å². The van der Waals surface area contributed by atoms with Crippen molar-refractivity contribution in [2.45, 2.75) is 25.8 Å². The number of fused-ring (bicyclic) bond motifs is 1. The number of hydrogen-bond acceptors (Lipinski definition) is 4. The zero-order valence-corrected chi connectivity index (χ0v) is 11.5. The summed E-state index contributed by atoms with van der Waals surface area (Å²) < 4.78 is 0. The van der Waals surface area contributed by atoms with Crippen LogP contribution in [0.15, 0.2) is 24.3 Å². The van der Waals surface area contributed by atoms with Gasteiger partial charge in [0.15, 0.2) is 11.5 Å². The minimum atomic E-state index is -0.372. The number of nitrogens with zero attached hydrogens (tertiary/aromatic N) is 1. The first-order valence-corrected chi connectivity index (χ1v) is 6.90. The number of carbonyl (C=O) groups excluding carboxylic acids is 2. The number of H-pyrrole nitrogens is 1. The van der Waals surface area contributed by atoms with Crippen LogP contribution in [0.25, 0.3) is 0 Å². The highest BCUT2D eigenvalue weighted by molar-refractivity contribution is 6.12. The van der Waals surface area contributed by atoms with E-state index in [1.807, 2.05) is 12.1 Å². The van der Waals surface area contributed by atoms with Crippen molar-refractivity contribution in [3.05, 3.63) is 46.8 Å². The summed E-state index contributed by atoms with van der Waals surface area (Å²) in [7, 11) is 0. The molecular weight excluding hydrogens is 268 g/mol. The Morgan fingerprint density at radius 3 is 2.76 bits per heavy atom. The van der Waals surface area contributed by atoms with Gasteiger partial charge in [-0.2, -0.15) is 5.10 Å². The number of rotatable bonds is 3. The summed E-state index contributed by atoms with van der Waals surface area (Å²) in [4.78, 5) is 24.2. The second kappa shape index (κ2) is 5.49. The average molecular weight is 284 g/mol. The maximum absolute atomic E-state index is 12.3. The number of aromatic amines is 1. The van der Waals surface area contributed by atoms with E-state index in [1.54, 1.807) is 12.1 Å². The molecule has 21 heavy (non-hydrogen) atoms.